The van der Waals surface area contributed by atoms with Gasteiger partial charge in [-0.2, -0.15) is 8.42 Å². The first kappa shape index (κ1) is 24.3. The molecule has 0 saturated heterocycles. The number of hydrogen-bond donors (Lipinski definition) is 1. The van der Waals surface area contributed by atoms with Gasteiger partial charge in [-0.1, -0.05) is 54.1 Å². The van der Waals surface area contributed by atoms with Crippen LogP contribution in [0.25, 0.3) is 0 Å². The Bertz CT molecular complexity index is 1100. The van der Waals surface area contributed by atoms with Gasteiger partial charge in [-0.05, 0) is 56.4 Å². The van der Waals surface area contributed by atoms with Crippen LogP contribution in [-0.2, 0) is 30.7 Å². The quantitative estimate of drug-likeness (QED) is 0.466. The molecule has 0 radical (unpaired) electrons. The Morgan fingerprint density at radius 2 is 1.60 bits per heavy atom. The van der Waals surface area contributed by atoms with Crippen LogP contribution in [0.3, 0.4) is 0 Å². The molecular weight excluding hydrogens is 422 g/mol. The van der Waals surface area contributed by atoms with Crippen LogP contribution in [0.15, 0.2) is 59.0 Å². The van der Waals surface area contributed by atoms with E-state index in [1.807, 2.05) is 49.4 Å². The van der Waals surface area contributed by atoms with E-state index in [1.54, 1.807) is 26.8 Å². The van der Waals surface area contributed by atoms with E-state index in [4.69, 9.17) is 4.18 Å². The van der Waals surface area contributed by atoms with Crippen molar-refractivity contribution in [1.29, 1.82) is 0 Å². The second-order valence-corrected chi connectivity index (χ2v) is 10.9. The molecule has 0 heterocycles. The highest BCUT2D eigenvalue weighted by atomic mass is 32.2. The van der Waals surface area contributed by atoms with E-state index < -0.39 is 26.2 Å². The van der Waals surface area contributed by atoms with Crippen LogP contribution in [0, 0.1) is 20.8 Å². The predicted octanol–water partition coefficient (Wildman–Crippen LogP) is 3.42. The summed E-state index contributed by atoms with van der Waals surface area (Å²) >= 11 is 0. The normalized spacial score (nSPS) is 14.0. The largest absolute Gasteiger partial charge is 0.266 e. The maximum absolute atomic E-state index is 13.2. The van der Waals surface area contributed by atoms with Gasteiger partial charge in [0.05, 0.1) is 17.8 Å². The highest BCUT2D eigenvalue weighted by Gasteiger charge is 2.23. The highest BCUT2D eigenvalue weighted by Crippen LogP contribution is 2.22. The van der Waals surface area contributed by atoms with Gasteiger partial charge in [-0.25, -0.2) is 13.1 Å². The molecule has 0 amide bonds. The van der Waals surface area contributed by atoms with Crippen molar-refractivity contribution in [3.8, 4) is 0 Å². The van der Waals surface area contributed by atoms with Crippen molar-refractivity contribution >= 4 is 20.1 Å². The Morgan fingerprint density at radius 1 is 1.03 bits per heavy atom. The summed E-state index contributed by atoms with van der Waals surface area (Å²) in [6, 6.07) is 12.6. The molecule has 1 N–H and O–H groups in total. The fourth-order valence-electron chi connectivity index (χ4n) is 3.44. The van der Waals surface area contributed by atoms with Gasteiger partial charge in [-0.15, -0.1) is 0 Å². The van der Waals surface area contributed by atoms with Crippen LogP contribution < -0.4 is 4.72 Å². The fourth-order valence-corrected chi connectivity index (χ4v) is 5.48. The Balaban J connectivity index is 2.36. The third-order valence-corrected chi connectivity index (χ3v) is 6.81. The Labute approximate surface area is 180 Å². The number of aryl methyl sites for hydroxylation is 3. The van der Waals surface area contributed by atoms with Gasteiger partial charge in [0.15, 0.2) is 0 Å². The second-order valence-electron chi connectivity index (χ2n) is 7.62. The average Bonchev–Trinajstić information content (AvgIpc) is 2.58. The van der Waals surface area contributed by atoms with E-state index in [2.05, 4.69) is 4.72 Å². The lowest BCUT2D eigenvalue weighted by Gasteiger charge is -2.19. The molecule has 1 atom stereocenters. The van der Waals surface area contributed by atoms with Gasteiger partial charge in [0.2, 0.25) is 10.0 Å². The average molecular weight is 452 g/mol. The maximum Gasteiger partial charge on any atom is 0.264 e. The van der Waals surface area contributed by atoms with Gasteiger partial charge in [0.1, 0.15) is 0 Å². The molecule has 30 heavy (non-hydrogen) atoms. The van der Waals surface area contributed by atoms with E-state index in [9.17, 15) is 16.8 Å². The Hall–Kier alpha value is -2.00. The summed E-state index contributed by atoms with van der Waals surface area (Å²) in [5.41, 5.74) is 3.93. The first-order valence-corrected chi connectivity index (χ1v) is 12.8. The number of sulfonamides is 1. The van der Waals surface area contributed by atoms with Crippen LogP contribution in [0.1, 0.15) is 29.2 Å². The molecule has 0 aromatic heterocycles. The smallest absolute Gasteiger partial charge is 0.264 e. The highest BCUT2D eigenvalue weighted by molar-refractivity contribution is 7.89. The van der Waals surface area contributed by atoms with Crippen LogP contribution in [0.2, 0.25) is 0 Å². The molecule has 0 aliphatic heterocycles. The minimum absolute atomic E-state index is 0.131. The van der Waals surface area contributed by atoms with E-state index in [1.165, 1.54) is 0 Å². The summed E-state index contributed by atoms with van der Waals surface area (Å²) in [6.45, 7) is 7.06. The molecule has 0 saturated carbocycles. The monoisotopic (exact) mass is 451 g/mol. The van der Waals surface area contributed by atoms with Crippen molar-refractivity contribution in [3.63, 3.8) is 0 Å². The van der Waals surface area contributed by atoms with Crippen molar-refractivity contribution < 1.29 is 21.0 Å². The lowest BCUT2D eigenvalue weighted by Crippen LogP contribution is -2.36. The summed E-state index contributed by atoms with van der Waals surface area (Å²) in [4.78, 5) is 0.268. The van der Waals surface area contributed by atoms with Crippen LogP contribution >= 0.6 is 0 Å². The lowest BCUT2D eigenvalue weighted by atomic mass is 10.0. The number of benzene rings is 2. The van der Waals surface area contributed by atoms with E-state index >= 15 is 0 Å². The van der Waals surface area contributed by atoms with Crippen molar-refractivity contribution in [1.82, 2.24) is 4.72 Å². The summed E-state index contributed by atoms with van der Waals surface area (Å²) < 4.78 is 56.6. The molecule has 6 nitrogen and oxygen atoms in total. The minimum atomic E-state index is -3.80. The molecule has 0 bridgehead atoms. The van der Waals surface area contributed by atoms with Crippen LogP contribution in [-0.4, -0.2) is 35.7 Å². The molecule has 0 aliphatic rings. The third-order valence-electron chi connectivity index (χ3n) is 4.46. The second kappa shape index (κ2) is 9.87. The Kier molecular flexibility index (Phi) is 7.99. The number of rotatable bonds is 9. The maximum atomic E-state index is 13.2. The summed E-state index contributed by atoms with van der Waals surface area (Å²) in [6.07, 6.45) is 3.10. The molecule has 0 fully saturated rings. The lowest BCUT2D eigenvalue weighted by molar-refractivity contribution is 0.351. The molecule has 2 aromatic carbocycles. The van der Waals surface area contributed by atoms with E-state index in [0.717, 1.165) is 17.4 Å². The zero-order valence-corrected chi connectivity index (χ0v) is 19.6. The SMILES string of the molecule is C/C(=C\C(Cc1ccccc1)NS(=O)(=O)c1c(C)cc(C)cc1C)COS(C)(=O)=O. The van der Waals surface area contributed by atoms with Crippen LogP contribution in [0.5, 0.6) is 0 Å². The third kappa shape index (κ3) is 7.36. The zero-order chi connectivity index (χ0) is 22.5. The molecule has 2 aromatic rings. The molecule has 1 unspecified atom stereocenters. The standard InChI is InChI=1S/C22H29NO5S2/c1-16-11-18(3)22(19(4)12-16)30(26,27)23-21(14-20-9-7-6-8-10-20)13-17(2)15-28-29(5,24)25/h6-13,21,23H,14-15H2,1-5H3/b17-13+. The molecule has 2 rings (SSSR count). The Morgan fingerprint density at radius 3 is 2.13 bits per heavy atom. The van der Waals surface area contributed by atoms with Crippen molar-refractivity contribution in [2.45, 2.75) is 45.1 Å². The minimum Gasteiger partial charge on any atom is -0.266 e. The number of hydrogen-bond acceptors (Lipinski definition) is 5. The fraction of sp³-hybridized carbons (Fsp3) is 0.364. The van der Waals surface area contributed by atoms with Crippen molar-refractivity contribution in [2.75, 3.05) is 12.9 Å². The van der Waals surface area contributed by atoms with Crippen molar-refractivity contribution in [2.24, 2.45) is 0 Å². The summed E-state index contributed by atoms with van der Waals surface area (Å²) in [5.74, 6) is 0. The first-order valence-electron chi connectivity index (χ1n) is 9.53. The zero-order valence-electron chi connectivity index (χ0n) is 18.0. The predicted molar refractivity (Wildman–Crippen MR) is 119 cm³/mol. The number of nitrogens with one attached hydrogen (secondary N) is 1. The molecular formula is C22H29NO5S2. The van der Waals surface area contributed by atoms with E-state index in [0.29, 0.717) is 23.1 Å². The summed E-state index contributed by atoms with van der Waals surface area (Å²) in [7, 11) is -7.39. The van der Waals surface area contributed by atoms with Crippen LogP contribution in [0.4, 0.5) is 0 Å². The van der Waals surface area contributed by atoms with Crippen molar-refractivity contribution in [3.05, 3.63) is 76.4 Å². The van der Waals surface area contributed by atoms with Gasteiger partial charge < -0.3 is 0 Å². The molecule has 0 spiro atoms. The topological polar surface area (TPSA) is 89.5 Å². The van der Waals surface area contributed by atoms with Gasteiger partial charge >= 0.3 is 0 Å². The van der Waals surface area contributed by atoms with E-state index in [-0.39, 0.29) is 11.5 Å². The first-order chi connectivity index (χ1) is 13.9. The molecule has 8 heteroatoms. The summed E-state index contributed by atoms with van der Waals surface area (Å²) in [5, 5.41) is 0. The molecule has 0 aliphatic carbocycles. The van der Waals surface area contributed by atoms with Gasteiger partial charge in [0.25, 0.3) is 10.1 Å². The van der Waals surface area contributed by atoms with Gasteiger partial charge in [0, 0.05) is 6.04 Å². The molecule has 164 valence electrons. The van der Waals surface area contributed by atoms with Gasteiger partial charge in [-0.3, -0.25) is 4.18 Å².